The number of nitrogens with zero attached hydrogens (tertiary/aromatic N) is 1. The first-order chi connectivity index (χ1) is 10.0. The first-order valence-electron chi connectivity index (χ1n) is 6.24. The number of rotatable bonds is 6. The normalized spacial score (nSPS) is 10.3. The molecule has 0 unspecified atom stereocenters. The lowest BCUT2D eigenvalue weighted by Crippen LogP contribution is -2.06. The molecule has 1 aromatic heterocycles. The molecule has 0 aliphatic rings. The van der Waals surface area contributed by atoms with E-state index in [1.165, 1.54) is 17.0 Å². The molecule has 0 aliphatic heterocycles. The Morgan fingerprint density at radius 2 is 2.05 bits per heavy atom. The van der Waals surface area contributed by atoms with Gasteiger partial charge in [0.2, 0.25) is 0 Å². The summed E-state index contributed by atoms with van der Waals surface area (Å²) in [6.45, 7) is 2.23. The average molecular weight is 307 g/mol. The molecule has 0 saturated heterocycles. The molecule has 1 aromatic carbocycles. The number of benzene rings is 1. The van der Waals surface area contributed by atoms with Crippen molar-refractivity contribution in [3.05, 3.63) is 55.8 Å². The number of aromatic carboxylic acids is 1. The summed E-state index contributed by atoms with van der Waals surface area (Å²) in [6.07, 6.45) is 0.919. The fraction of sp³-hybridized carbons (Fsp3) is 0.214. The highest BCUT2D eigenvalue weighted by Gasteiger charge is 2.24. The summed E-state index contributed by atoms with van der Waals surface area (Å²) >= 11 is 1.57. The Hall–Kier alpha value is -2.41. The van der Waals surface area contributed by atoms with Crippen LogP contribution in [0.3, 0.4) is 0 Å². The molecule has 21 heavy (non-hydrogen) atoms. The predicted octanol–water partition coefficient (Wildman–Crippen LogP) is 3.50. The molecule has 0 amide bonds. The van der Waals surface area contributed by atoms with Crippen LogP contribution in [-0.4, -0.2) is 16.0 Å². The first-order valence-corrected chi connectivity index (χ1v) is 7.05. The Bertz CT molecular complexity index is 680. The fourth-order valence-electron chi connectivity index (χ4n) is 1.85. The number of thiophene rings is 1. The molecule has 0 radical (unpaired) electrons. The van der Waals surface area contributed by atoms with Gasteiger partial charge < -0.3 is 9.84 Å². The zero-order valence-electron chi connectivity index (χ0n) is 11.2. The molecule has 110 valence electrons. The smallest absolute Gasteiger partial charge is 0.346 e. The summed E-state index contributed by atoms with van der Waals surface area (Å²) in [6, 6.07) is 7.86. The molecular weight excluding hydrogens is 294 g/mol. The molecule has 2 aromatic rings. The van der Waals surface area contributed by atoms with Crippen LogP contribution in [0.1, 0.15) is 27.0 Å². The minimum Gasteiger partial charge on any atom is -0.487 e. The van der Waals surface area contributed by atoms with Crippen LogP contribution in [0, 0.1) is 10.1 Å². The van der Waals surface area contributed by atoms with E-state index in [9.17, 15) is 14.9 Å². The number of carbonyl (C=O) groups is 1. The van der Waals surface area contributed by atoms with E-state index in [1.54, 1.807) is 11.3 Å². The third-order valence-electron chi connectivity index (χ3n) is 2.85. The molecule has 7 heteroatoms. The van der Waals surface area contributed by atoms with E-state index in [0.29, 0.717) is 0 Å². The molecule has 0 saturated carbocycles. The molecule has 0 aliphatic carbocycles. The molecule has 1 N–H and O–H groups in total. The molecule has 0 spiro atoms. The highest BCUT2D eigenvalue weighted by atomic mass is 32.1. The summed E-state index contributed by atoms with van der Waals surface area (Å²) in [7, 11) is 0. The van der Waals surface area contributed by atoms with Gasteiger partial charge in [-0.1, -0.05) is 13.0 Å². The van der Waals surface area contributed by atoms with E-state index in [1.807, 2.05) is 19.1 Å². The van der Waals surface area contributed by atoms with Crippen molar-refractivity contribution in [2.45, 2.75) is 20.0 Å². The van der Waals surface area contributed by atoms with Crippen molar-refractivity contribution in [1.29, 1.82) is 0 Å². The number of ether oxygens (including phenoxy) is 1. The van der Waals surface area contributed by atoms with Crippen LogP contribution in [0.4, 0.5) is 5.69 Å². The van der Waals surface area contributed by atoms with Gasteiger partial charge in [-0.2, -0.15) is 0 Å². The minimum absolute atomic E-state index is 0.00292. The summed E-state index contributed by atoms with van der Waals surface area (Å²) in [5.41, 5.74) is -0.893. The number of aryl methyl sites for hydroxylation is 1. The van der Waals surface area contributed by atoms with Crippen molar-refractivity contribution < 1.29 is 19.6 Å². The number of carboxylic acid groups (broad SMARTS) is 1. The second-order valence-electron chi connectivity index (χ2n) is 4.22. The monoisotopic (exact) mass is 307 g/mol. The number of hydrogen-bond acceptors (Lipinski definition) is 5. The van der Waals surface area contributed by atoms with Crippen molar-refractivity contribution in [1.82, 2.24) is 0 Å². The third kappa shape index (κ3) is 3.38. The van der Waals surface area contributed by atoms with E-state index in [0.717, 1.165) is 17.4 Å². The van der Waals surface area contributed by atoms with Gasteiger partial charge in [0, 0.05) is 15.8 Å². The maximum absolute atomic E-state index is 11.2. The Kier molecular flexibility index (Phi) is 4.54. The number of nitro groups is 1. The van der Waals surface area contributed by atoms with Crippen molar-refractivity contribution >= 4 is 23.0 Å². The molecule has 0 fully saturated rings. The van der Waals surface area contributed by atoms with E-state index in [2.05, 4.69) is 0 Å². The van der Waals surface area contributed by atoms with Crippen LogP contribution in [0.25, 0.3) is 0 Å². The largest absolute Gasteiger partial charge is 0.487 e. The van der Waals surface area contributed by atoms with Gasteiger partial charge in [0.25, 0.3) is 5.69 Å². The lowest BCUT2D eigenvalue weighted by atomic mass is 10.1. The first kappa shape index (κ1) is 15.0. The maximum Gasteiger partial charge on any atom is 0.346 e. The lowest BCUT2D eigenvalue weighted by Gasteiger charge is -2.08. The third-order valence-corrected chi connectivity index (χ3v) is 4.05. The van der Waals surface area contributed by atoms with Gasteiger partial charge in [0.15, 0.2) is 5.56 Å². The van der Waals surface area contributed by atoms with Gasteiger partial charge in [0.1, 0.15) is 12.4 Å². The Morgan fingerprint density at radius 1 is 1.33 bits per heavy atom. The highest BCUT2D eigenvalue weighted by Crippen LogP contribution is 2.29. The molecule has 6 nitrogen and oxygen atoms in total. The van der Waals surface area contributed by atoms with Gasteiger partial charge in [-0.3, -0.25) is 10.1 Å². The molecule has 0 bridgehead atoms. The second kappa shape index (κ2) is 6.36. The maximum atomic E-state index is 11.2. The average Bonchev–Trinajstić information content (AvgIpc) is 2.92. The molecular formula is C14H13NO5S. The quantitative estimate of drug-likeness (QED) is 0.651. The van der Waals surface area contributed by atoms with E-state index < -0.39 is 22.1 Å². The Morgan fingerprint density at radius 3 is 2.62 bits per heavy atom. The van der Waals surface area contributed by atoms with Crippen LogP contribution in [0.5, 0.6) is 5.75 Å². The van der Waals surface area contributed by atoms with Crippen molar-refractivity contribution in [3.63, 3.8) is 0 Å². The molecule has 0 atom stereocenters. The number of carboxylic acids is 1. The lowest BCUT2D eigenvalue weighted by molar-refractivity contribution is -0.385. The van der Waals surface area contributed by atoms with E-state index in [4.69, 9.17) is 9.84 Å². The minimum atomic E-state index is -1.38. The molecule has 1 heterocycles. The van der Waals surface area contributed by atoms with Gasteiger partial charge in [-0.25, -0.2) is 4.79 Å². The van der Waals surface area contributed by atoms with E-state index in [-0.39, 0.29) is 12.4 Å². The SMILES string of the molecule is CCc1ccc(COc2cccc([N+](=O)[O-])c2C(=O)O)s1. The zero-order valence-corrected chi connectivity index (χ0v) is 12.1. The second-order valence-corrected chi connectivity index (χ2v) is 5.48. The Balaban J connectivity index is 2.25. The number of nitro benzene ring substituents is 1. The topological polar surface area (TPSA) is 89.7 Å². The predicted molar refractivity (Wildman–Crippen MR) is 78.1 cm³/mol. The standard InChI is InChI=1S/C14H13NO5S/c1-2-9-6-7-10(21-9)8-20-12-5-3-4-11(15(18)19)13(12)14(16)17/h3-7H,2,8H2,1H3,(H,16,17). The summed E-state index contributed by atoms with van der Waals surface area (Å²) in [5, 5.41) is 20.0. The van der Waals surface area contributed by atoms with Crippen molar-refractivity contribution in [2.24, 2.45) is 0 Å². The van der Waals surface area contributed by atoms with Gasteiger partial charge in [-0.05, 0) is 24.6 Å². The van der Waals surface area contributed by atoms with E-state index >= 15 is 0 Å². The van der Waals surface area contributed by atoms with Gasteiger partial charge >= 0.3 is 5.97 Å². The van der Waals surface area contributed by atoms with Gasteiger partial charge in [0.05, 0.1) is 4.92 Å². The van der Waals surface area contributed by atoms with Crippen molar-refractivity contribution in [2.75, 3.05) is 0 Å². The van der Waals surface area contributed by atoms with Crippen LogP contribution >= 0.6 is 11.3 Å². The summed E-state index contributed by atoms with van der Waals surface area (Å²) in [4.78, 5) is 23.5. The van der Waals surface area contributed by atoms with Crippen LogP contribution in [-0.2, 0) is 13.0 Å². The zero-order chi connectivity index (χ0) is 15.4. The van der Waals surface area contributed by atoms with Crippen LogP contribution in [0.2, 0.25) is 0 Å². The highest BCUT2D eigenvalue weighted by molar-refractivity contribution is 7.11. The van der Waals surface area contributed by atoms with Crippen molar-refractivity contribution in [3.8, 4) is 5.75 Å². The van der Waals surface area contributed by atoms with Crippen LogP contribution in [0.15, 0.2) is 30.3 Å². The summed E-state index contributed by atoms with van der Waals surface area (Å²) < 4.78 is 5.46. The Labute approximate surface area is 124 Å². The van der Waals surface area contributed by atoms with Gasteiger partial charge in [-0.15, -0.1) is 11.3 Å². The fourth-order valence-corrected chi connectivity index (χ4v) is 2.72. The number of hydrogen-bond donors (Lipinski definition) is 1. The van der Waals surface area contributed by atoms with Crippen LogP contribution < -0.4 is 4.74 Å². The summed E-state index contributed by atoms with van der Waals surface area (Å²) in [5.74, 6) is -1.37. The molecule has 2 rings (SSSR count).